The van der Waals surface area contributed by atoms with E-state index in [4.69, 9.17) is 5.73 Å². The van der Waals surface area contributed by atoms with Gasteiger partial charge in [0.1, 0.15) is 0 Å². The molecule has 0 heterocycles. The summed E-state index contributed by atoms with van der Waals surface area (Å²) >= 11 is 0. The normalized spacial score (nSPS) is 11.9. The van der Waals surface area contributed by atoms with Gasteiger partial charge >= 0.3 is 0 Å². The molecule has 0 aromatic heterocycles. The number of benzene rings is 2. The SMILES string of the molecule is NCCc1ccc(C(=O)N[C@H](CO)c2ccccc2)cc1. The second-order valence-corrected chi connectivity index (χ2v) is 4.85. The number of nitrogens with two attached hydrogens (primary N) is 1. The van der Waals surface area contributed by atoms with Crippen molar-refractivity contribution in [3.8, 4) is 0 Å². The molecule has 2 rings (SSSR count). The fraction of sp³-hybridized carbons (Fsp3) is 0.235. The molecule has 0 aliphatic rings. The van der Waals surface area contributed by atoms with E-state index < -0.39 is 6.04 Å². The van der Waals surface area contributed by atoms with Gasteiger partial charge in [0.25, 0.3) is 5.91 Å². The van der Waals surface area contributed by atoms with Crippen LogP contribution in [-0.2, 0) is 6.42 Å². The quantitative estimate of drug-likeness (QED) is 0.755. The molecule has 4 heteroatoms. The molecule has 0 radical (unpaired) electrons. The van der Waals surface area contributed by atoms with Crippen LogP contribution in [0.2, 0.25) is 0 Å². The first-order valence-electron chi connectivity index (χ1n) is 7.00. The second kappa shape index (κ2) is 7.57. The van der Waals surface area contributed by atoms with Crippen molar-refractivity contribution in [2.75, 3.05) is 13.2 Å². The highest BCUT2D eigenvalue weighted by molar-refractivity contribution is 5.94. The zero-order valence-corrected chi connectivity index (χ0v) is 11.8. The molecule has 2 aromatic rings. The van der Waals surface area contributed by atoms with Gasteiger partial charge in [0.2, 0.25) is 0 Å². The second-order valence-electron chi connectivity index (χ2n) is 4.85. The third-order valence-corrected chi connectivity index (χ3v) is 3.34. The smallest absolute Gasteiger partial charge is 0.251 e. The topological polar surface area (TPSA) is 75.4 Å². The fourth-order valence-electron chi connectivity index (χ4n) is 2.15. The Bertz CT molecular complexity index is 567. The average molecular weight is 284 g/mol. The molecule has 1 amide bonds. The number of hydrogen-bond acceptors (Lipinski definition) is 3. The lowest BCUT2D eigenvalue weighted by molar-refractivity contribution is 0.0916. The molecule has 4 nitrogen and oxygen atoms in total. The Labute approximate surface area is 124 Å². The third-order valence-electron chi connectivity index (χ3n) is 3.34. The van der Waals surface area contributed by atoms with E-state index in [-0.39, 0.29) is 12.5 Å². The van der Waals surface area contributed by atoms with Gasteiger partial charge in [-0.1, -0.05) is 42.5 Å². The summed E-state index contributed by atoms with van der Waals surface area (Å²) in [4.78, 5) is 12.2. The van der Waals surface area contributed by atoms with Crippen LogP contribution in [-0.4, -0.2) is 24.2 Å². The summed E-state index contributed by atoms with van der Waals surface area (Å²) in [5, 5.41) is 12.3. The van der Waals surface area contributed by atoms with Gasteiger partial charge in [-0.3, -0.25) is 4.79 Å². The van der Waals surface area contributed by atoms with E-state index in [2.05, 4.69) is 5.32 Å². The fourth-order valence-corrected chi connectivity index (χ4v) is 2.15. The van der Waals surface area contributed by atoms with E-state index in [1.807, 2.05) is 42.5 Å². The lowest BCUT2D eigenvalue weighted by Gasteiger charge is -2.16. The summed E-state index contributed by atoms with van der Waals surface area (Å²) in [6.45, 7) is 0.452. The number of amides is 1. The van der Waals surface area contributed by atoms with Crippen molar-refractivity contribution in [3.05, 3.63) is 71.3 Å². The molecule has 0 saturated heterocycles. The van der Waals surface area contributed by atoms with Gasteiger partial charge in [-0.05, 0) is 36.2 Å². The lowest BCUT2D eigenvalue weighted by atomic mass is 10.1. The van der Waals surface area contributed by atoms with Crippen LogP contribution in [0.1, 0.15) is 27.5 Å². The average Bonchev–Trinajstić information content (AvgIpc) is 2.54. The molecule has 0 aliphatic carbocycles. The number of rotatable bonds is 6. The highest BCUT2D eigenvalue weighted by Crippen LogP contribution is 2.13. The van der Waals surface area contributed by atoms with Gasteiger partial charge in [-0.25, -0.2) is 0 Å². The molecular formula is C17H20N2O2. The van der Waals surface area contributed by atoms with Crippen LogP contribution < -0.4 is 11.1 Å². The van der Waals surface area contributed by atoms with Crippen molar-refractivity contribution in [2.45, 2.75) is 12.5 Å². The molecular weight excluding hydrogens is 264 g/mol. The summed E-state index contributed by atoms with van der Waals surface area (Å²) < 4.78 is 0. The first-order valence-corrected chi connectivity index (χ1v) is 7.00. The van der Waals surface area contributed by atoms with Gasteiger partial charge in [0.05, 0.1) is 12.6 Å². The largest absolute Gasteiger partial charge is 0.394 e. The standard InChI is InChI=1S/C17H20N2O2/c18-11-10-13-6-8-15(9-7-13)17(21)19-16(12-20)14-4-2-1-3-5-14/h1-9,16,20H,10-12,18H2,(H,19,21)/t16-/m1/s1. The molecule has 0 saturated carbocycles. The Kier molecular flexibility index (Phi) is 5.49. The third kappa shape index (κ3) is 4.15. The summed E-state index contributed by atoms with van der Waals surface area (Å²) in [7, 11) is 0. The highest BCUT2D eigenvalue weighted by atomic mass is 16.3. The molecule has 0 unspecified atom stereocenters. The van der Waals surface area contributed by atoms with Gasteiger partial charge in [-0.2, -0.15) is 0 Å². The van der Waals surface area contributed by atoms with E-state index in [0.717, 1.165) is 17.5 Å². The van der Waals surface area contributed by atoms with Crippen molar-refractivity contribution in [1.29, 1.82) is 0 Å². The van der Waals surface area contributed by atoms with Crippen LogP contribution in [0.25, 0.3) is 0 Å². The zero-order chi connectivity index (χ0) is 15.1. The van der Waals surface area contributed by atoms with Crippen molar-refractivity contribution in [3.63, 3.8) is 0 Å². The van der Waals surface area contributed by atoms with Crippen molar-refractivity contribution >= 4 is 5.91 Å². The molecule has 0 fully saturated rings. The number of aliphatic hydroxyl groups excluding tert-OH is 1. The van der Waals surface area contributed by atoms with Crippen LogP contribution in [0, 0.1) is 0 Å². The van der Waals surface area contributed by atoms with E-state index in [0.29, 0.717) is 12.1 Å². The summed E-state index contributed by atoms with van der Waals surface area (Å²) in [6, 6.07) is 16.4. The highest BCUT2D eigenvalue weighted by Gasteiger charge is 2.14. The number of aliphatic hydroxyl groups is 1. The van der Waals surface area contributed by atoms with Crippen molar-refractivity contribution in [2.24, 2.45) is 5.73 Å². The minimum absolute atomic E-state index is 0.138. The van der Waals surface area contributed by atoms with Crippen LogP contribution in [0.15, 0.2) is 54.6 Å². The molecule has 0 bridgehead atoms. The predicted octanol–water partition coefficient (Wildman–Crippen LogP) is 1.65. The molecule has 0 spiro atoms. The predicted molar refractivity (Wildman–Crippen MR) is 82.9 cm³/mol. The summed E-state index contributed by atoms with van der Waals surface area (Å²) in [5.74, 6) is -0.197. The number of hydrogen-bond donors (Lipinski definition) is 3. The monoisotopic (exact) mass is 284 g/mol. The maximum Gasteiger partial charge on any atom is 0.251 e. The Morgan fingerprint density at radius 1 is 1.10 bits per heavy atom. The molecule has 4 N–H and O–H groups in total. The zero-order valence-electron chi connectivity index (χ0n) is 11.8. The van der Waals surface area contributed by atoms with E-state index >= 15 is 0 Å². The number of carbonyl (C=O) groups is 1. The summed E-state index contributed by atoms with van der Waals surface area (Å²) in [6.07, 6.45) is 0.797. The van der Waals surface area contributed by atoms with E-state index in [1.165, 1.54) is 0 Å². The van der Waals surface area contributed by atoms with Crippen LogP contribution in [0.5, 0.6) is 0 Å². The molecule has 2 aromatic carbocycles. The molecule has 21 heavy (non-hydrogen) atoms. The Balaban J connectivity index is 2.05. The number of carbonyl (C=O) groups excluding carboxylic acids is 1. The first-order chi connectivity index (χ1) is 10.2. The van der Waals surface area contributed by atoms with Gasteiger partial charge in [0.15, 0.2) is 0 Å². The Morgan fingerprint density at radius 3 is 2.33 bits per heavy atom. The first kappa shape index (κ1) is 15.2. The number of nitrogens with one attached hydrogen (secondary N) is 1. The Morgan fingerprint density at radius 2 is 1.76 bits per heavy atom. The molecule has 110 valence electrons. The maximum atomic E-state index is 12.2. The van der Waals surface area contributed by atoms with E-state index in [9.17, 15) is 9.90 Å². The Hall–Kier alpha value is -2.17. The van der Waals surface area contributed by atoms with E-state index in [1.54, 1.807) is 12.1 Å². The van der Waals surface area contributed by atoms with Crippen molar-refractivity contribution in [1.82, 2.24) is 5.32 Å². The summed E-state index contributed by atoms with van der Waals surface area (Å²) in [5.41, 5.74) is 8.06. The van der Waals surface area contributed by atoms with Crippen LogP contribution in [0.4, 0.5) is 0 Å². The van der Waals surface area contributed by atoms with Gasteiger partial charge in [-0.15, -0.1) is 0 Å². The maximum absolute atomic E-state index is 12.2. The molecule has 1 atom stereocenters. The van der Waals surface area contributed by atoms with Crippen LogP contribution in [0.3, 0.4) is 0 Å². The van der Waals surface area contributed by atoms with Crippen molar-refractivity contribution < 1.29 is 9.90 Å². The lowest BCUT2D eigenvalue weighted by Crippen LogP contribution is -2.30. The molecule has 0 aliphatic heterocycles. The van der Waals surface area contributed by atoms with Gasteiger partial charge in [0, 0.05) is 5.56 Å². The van der Waals surface area contributed by atoms with Crippen LogP contribution >= 0.6 is 0 Å². The minimum atomic E-state index is -0.401. The van der Waals surface area contributed by atoms with Gasteiger partial charge < -0.3 is 16.2 Å². The minimum Gasteiger partial charge on any atom is -0.394 e.